The molecule has 23 heavy (non-hydrogen) atoms. The summed E-state index contributed by atoms with van der Waals surface area (Å²) >= 11 is 1.47. The topological polar surface area (TPSA) is 67.9 Å². The van der Waals surface area contributed by atoms with Gasteiger partial charge in [-0.05, 0) is 29.6 Å². The van der Waals surface area contributed by atoms with E-state index in [1.807, 2.05) is 17.5 Å². The molecule has 1 unspecified atom stereocenters. The number of hydrogen-bond acceptors (Lipinski definition) is 5. The van der Waals surface area contributed by atoms with Gasteiger partial charge >= 0.3 is 0 Å². The van der Waals surface area contributed by atoms with Crippen molar-refractivity contribution in [1.29, 1.82) is 0 Å². The molecule has 0 radical (unpaired) electrons. The van der Waals surface area contributed by atoms with Gasteiger partial charge in [-0.15, -0.1) is 11.3 Å². The molecule has 2 aliphatic rings. The van der Waals surface area contributed by atoms with Crippen LogP contribution in [0.4, 0.5) is 0 Å². The number of piperazine rings is 1. The first-order valence-corrected chi connectivity index (χ1v) is 8.14. The van der Waals surface area contributed by atoms with Gasteiger partial charge in [0.2, 0.25) is 12.7 Å². The molecule has 1 atom stereocenters. The molecule has 0 saturated carbocycles. The largest absolute Gasteiger partial charge is 0.454 e. The van der Waals surface area contributed by atoms with Gasteiger partial charge < -0.3 is 19.7 Å². The molecular formula is C16H14N2O4S. The van der Waals surface area contributed by atoms with Gasteiger partial charge in [0.1, 0.15) is 6.04 Å². The molecule has 1 fully saturated rings. The lowest BCUT2D eigenvalue weighted by Crippen LogP contribution is -2.51. The van der Waals surface area contributed by atoms with Crippen LogP contribution < -0.4 is 14.8 Å². The lowest BCUT2D eigenvalue weighted by atomic mass is 10.1. The van der Waals surface area contributed by atoms with Gasteiger partial charge in [-0.2, -0.15) is 0 Å². The number of benzene rings is 1. The highest BCUT2D eigenvalue weighted by molar-refractivity contribution is 7.10. The van der Waals surface area contributed by atoms with Gasteiger partial charge in [-0.25, -0.2) is 0 Å². The number of carbonyl (C=O) groups is 2. The van der Waals surface area contributed by atoms with Crippen molar-refractivity contribution in [2.24, 2.45) is 0 Å². The smallest absolute Gasteiger partial charge is 0.255 e. The third-order valence-electron chi connectivity index (χ3n) is 3.91. The molecule has 2 amide bonds. The normalized spacial score (nSPS) is 19.6. The molecule has 4 rings (SSSR count). The van der Waals surface area contributed by atoms with E-state index < -0.39 is 6.04 Å². The lowest BCUT2D eigenvalue weighted by Gasteiger charge is -2.34. The monoisotopic (exact) mass is 330 g/mol. The van der Waals surface area contributed by atoms with Crippen LogP contribution in [0, 0.1) is 0 Å². The fourth-order valence-electron chi connectivity index (χ4n) is 2.81. The number of rotatable bonds is 2. The molecule has 118 valence electrons. The van der Waals surface area contributed by atoms with E-state index in [4.69, 9.17) is 9.47 Å². The van der Waals surface area contributed by atoms with Crippen LogP contribution in [0.1, 0.15) is 21.3 Å². The maximum Gasteiger partial charge on any atom is 0.255 e. The molecule has 3 heterocycles. The number of ether oxygens (including phenoxy) is 2. The SMILES string of the molecule is O=C1NCCN(C(=O)c2ccc3c(c2)OCO3)C1c1cccs1. The summed E-state index contributed by atoms with van der Waals surface area (Å²) in [5, 5.41) is 4.73. The predicted octanol–water partition coefficient (Wildman–Crippen LogP) is 1.79. The second-order valence-electron chi connectivity index (χ2n) is 5.28. The van der Waals surface area contributed by atoms with Crippen molar-refractivity contribution < 1.29 is 19.1 Å². The van der Waals surface area contributed by atoms with Crippen LogP contribution in [0.15, 0.2) is 35.7 Å². The highest BCUT2D eigenvalue weighted by Crippen LogP contribution is 2.34. The first-order valence-electron chi connectivity index (χ1n) is 7.26. The van der Waals surface area contributed by atoms with E-state index in [1.165, 1.54) is 11.3 Å². The van der Waals surface area contributed by atoms with E-state index in [2.05, 4.69) is 5.32 Å². The molecule has 0 spiro atoms. The molecule has 7 heteroatoms. The summed E-state index contributed by atoms with van der Waals surface area (Å²) in [6.45, 7) is 1.09. The first-order chi connectivity index (χ1) is 11.2. The summed E-state index contributed by atoms with van der Waals surface area (Å²) in [7, 11) is 0. The molecule has 6 nitrogen and oxygen atoms in total. The van der Waals surface area contributed by atoms with Gasteiger partial charge in [-0.3, -0.25) is 9.59 Å². The molecule has 0 bridgehead atoms. The number of thiophene rings is 1. The zero-order valence-electron chi connectivity index (χ0n) is 12.2. The average Bonchev–Trinajstić information content (AvgIpc) is 3.24. The Balaban J connectivity index is 1.67. The van der Waals surface area contributed by atoms with Crippen molar-refractivity contribution in [2.45, 2.75) is 6.04 Å². The maximum atomic E-state index is 12.9. The summed E-state index contributed by atoms with van der Waals surface area (Å²) < 4.78 is 10.6. The average molecular weight is 330 g/mol. The number of nitrogens with zero attached hydrogens (tertiary/aromatic N) is 1. The van der Waals surface area contributed by atoms with Gasteiger partial charge in [-0.1, -0.05) is 6.07 Å². The van der Waals surface area contributed by atoms with Gasteiger partial charge in [0.25, 0.3) is 5.91 Å². The van der Waals surface area contributed by atoms with E-state index in [-0.39, 0.29) is 18.6 Å². The summed E-state index contributed by atoms with van der Waals surface area (Å²) in [5.74, 6) is 0.863. The Kier molecular flexibility index (Phi) is 3.42. The Morgan fingerprint density at radius 3 is 2.96 bits per heavy atom. The van der Waals surface area contributed by atoms with Crippen LogP contribution in [-0.4, -0.2) is 36.6 Å². The summed E-state index contributed by atoms with van der Waals surface area (Å²) in [6.07, 6.45) is 0. The first kappa shape index (κ1) is 14.1. The van der Waals surface area contributed by atoms with Crippen LogP contribution in [0.2, 0.25) is 0 Å². The lowest BCUT2D eigenvalue weighted by molar-refractivity contribution is -0.127. The summed E-state index contributed by atoms with van der Waals surface area (Å²) in [4.78, 5) is 27.7. The number of hydrogen-bond donors (Lipinski definition) is 1. The molecule has 1 aromatic carbocycles. The number of nitrogens with one attached hydrogen (secondary N) is 1. The van der Waals surface area contributed by atoms with E-state index in [1.54, 1.807) is 23.1 Å². The Morgan fingerprint density at radius 2 is 2.13 bits per heavy atom. The van der Waals surface area contributed by atoms with E-state index in [0.29, 0.717) is 30.2 Å². The second-order valence-corrected chi connectivity index (χ2v) is 6.25. The molecule has 0 aliphatic carbocycles. The minimum atomic E-state index is -0.582. The third kappa shape index (κ3) is 2.43. The Hall–Kier alpha value is -2.54. The van der Waals surface area contributed by atoms with Gasteiger partial charge in [0, 0.05) is 23.5 Å². The fraction of sp³-hybridized carbons (Fsp3) is 0.250. The standard InChI is InChI=1S/C16H14N2O4S/c19-15-14(13-2-1-7-23-13)18(6-5-17-15)16(20)10-3-4-11-12(8-10)22-9-21-11/h1-4,7-8,14H,5-6,9H2,(H,17,19). The zero-order valence-corrected chi connectivity index (χ0v) is 13.0. The molecular weight excluding hydrogens is 316 g/mol. The minimum Gasteiger partial charge on any atom is -0.454 e. The van der Waals surface area contributed by atoms with Gasteiger partial charge in [0.05, 0.1) is 0 Å². The minimum absolute atomic E-state index is 0.146. The van der Waals surface area contributed by atoms with Crippen LogP contribution in [-0.2, 0) is 4.79 Å². The Labute approximate surface area is 136 Å². The van der Waals surface area contributed by atoms with Gasteiger partial charge in [0.15, 0.2) is 11.5 Å². The highest BCUT2D eigenvalue weighted by Gasteiger charge is 2.35. The van der Waals surface area contributed by atoms with Crippen LogP contribution >= 0.6 is 11.3 Å². The molecule has 2 aromatic rings. The van der Waals surface area contributed by atoms with Crippen molar-refractivity contribution in [3.05, 3.63) is 46.2 Å². The molecule has 2 aliphatic heterocycles. The number of fused-ring (bicyclic) bond motifs is 1. The number of carbonyl (C=O) groups excluding carboxylic acids is 2. The van der Waals surface area contributed by atoms with E-state index >= 15 is 0 Å². The van der Waals surface area contributed by atoms with E-state index in [9.17, 15) is 9.59 Å². The number of amides is 2. The third-order valence-corrected chi connectivity index (χ3v) is 4.83. The van der Waals surface area contributed by atoms with Crippen molar-refractivity contribution in [3.8, 4) is 11.5 Å². The Bertz CT molecular complexity index is 759. The zero-order chi connectivity index (χ0) is 15.8. The summed E-state index contributed by atoms with van der Waals surface area (Å²) in [6, 6.07) is 8.27. The van der Waals surface area contributed by atoms with Crippen molar-refractivity contribution in [2.75, 3.05) is 19.9 Å². The quantitative estimate of drug-likeness (QED) is 0.911. The highest BCUT2D eigenvalue weighted by atomic mass is 32.1. The van der Waals surface area contributed by atoms with Crippen molar-refractivity contribution >= 4 is 23.2 Å². The maximum absolute atomic E-state index is 12.9. The summed E-state index contributed by atoms with van der Waals surface area (Å²) in [5.41, 5.74) is 0.491. The molecule has 1 saturated heterocycles. The fourth-order valence-corrected chi connectivity index (χ4v) is 3.65. The predicted molar refractivity (Wildman–Crippen MR) is 83.7 cm³/mol. The van der Waals surface area contributed by atoms with Crippen molar-refractivity contribution in [3.63, 3.8) is 0 Å². The van der Waals surface area contributed by atoms with E-state index in [0.717, 1.165) is 4.88 Å². The van der Waals surface area contributed by atoms with Crippen LogP contribution in [0.5, 0.6) is 11.5 Å². The second kappa shape index (κ2) is 5.58. The van der Waals surface area contributed by atoms with Crippen LogP contribution in [0.25, 0.3) is 0 Å². The van der Waals surface area contributed by atoms with Crippen molar-refractivity contribution in [1.82, 2.24) is 10.2 Å². The molecule has 1 N–H and O–H groups in total. The van der Waals surface area contributed by atoms with Crippen LogP contribution in [0.3, 0.4) is 0 Å². The molecule has 1 aromatic heterocycles. The Morgan fingerprint density at radius 1 is 1.26 bits per heavy atom.